The average Bonchev–Trinajstić information content (AvgIpc) is 2.76. The van der Waals surface area contributed by atoms with E-state index in [0.29, 0.717) is 6.42 Å². The van der Waals surface area contributed by atoms with Gasteiger partial charge in [0.2, 0.25) is 0 Å². The third-order valence-electron chi connectivity index (χ3n) is 3.54. The van der Waals surface area contributed by atoms with Gasteiger partial charge in [0.1, 0.15) is 0 Å². The number of aliphatic hydroxyl groups is 1. The van der Waals surface area contributed by atoms with Crippen LogP contribution in [0, 0.1) is 17.5 Å². The molecule has 8 heteroatoms. The van der Waals surface area contributed by atoms with Crippen LogP contribution in [-0.2, 0) is 16.4 Å². The zero-order chi connectivity index (χ0) is 15.6. The van der Waals surface area contributed by atoms with Gasteiger partial charge < -0.3 is 5.11 Å². The van der Waals surface area contributed by atoms with Crippen LogP contribution < -0.4 is 0 Å². The molecule has 0 aromatic heterocycles. The van der Waals surface area contributed by atoms with Crippen LogP contribution in [-0.4, -0.2) is 49.1 Å². The molecule has 118 valence electrons. The van der Waals surface area contributed by atoms with Crippen LogP contribution in [0.5, 0.6) is 0 Å². The normalized spacial score (nSPS) is 21.1. The quantitative estimate of drug-likeness (QED) is 0.824. The summed E-state index contributed by atoms with van der Waals surface area (Å²) in [4.78, 5) is 1.65. The van der Waals surface area contributed by atoms with E-state index in [-0.39, 0.29) is 42.8 Å². The fourth-order valence-corrected chi connectivity index (χ4v) is 4.28. The second-order valence-corrected chi connectivity index (χ2v) is 7.35. The van der Waals surface area contributed by atoms with E-state index in [1.807, 2.05) is 0 Å². The van der Waals surface area contributed by atoms with E-state index in [0.717, 1.165) is 12.1 Å². The molecule has 1 heterocycles. The molecule has 4 nitrogen and oxygen atoms in total. The van der Waals surface area contributed by atoms with Gasteiger partial charge in [-0.1, -0.05) is 0 Å². The third kappa shape index (κ3) is 3.96. The summed E-state index contributed by atoms with van der Waals surface area (Å²) in [6.45, 7) is 0.0262. The molecular formula is C13H16F3NO3S. The van der Waals surface area contributed by atoms with Gasteiger partial charge in [-0.25, -0.2) is 21.6 Å². The Labute approximate surface area is 121 Å². The predicted octanol–water partition coefficient (Wildman–Crippen LogP) is 1.09. The Morgan fingerprint density at radius 2 is 1.86 bits per heavy atom. The van der Waals surface area contributed by atoms with Crippen molar-refractivity contribution in [2.45, 2.75) is 19.0 Å². The first-order valence-corrected chi connectivity index (χ1v) is 8.33. The molecular weight excluding hydrogens is 307 g/mol. The van der Waals surface area contributed by atoms with E-state index in [1.54, 1.807) is 4.90 Å². The molecule has 1 unspecified atom stereocenters. The molecule has 1 aliphatic heterocycles. The SMILES string of the molecule is O=S1(=O)CCC(N(CCO)Cc2cc(F)c(F)c(F)c2)C1. The summed E-state index contributed by atoms with van der Waals surface area (Å²) < 4.78 is 62.3. The summed E-state index contributed by atoms with van der Waals surface area (Å²) >= 11 is 0. The molecule has 1 fully saturated rings. The van der Waals surface area contributed by atoms with Crippen molar-refractivity contribution in [3.63, 3.8) is 0 Å². The minimum Gasteiger partial charge on any atom is -0.395 e. The van der Waals surface area contributed by atoms with Crippen LogP contribution in [0.15, 0.2) is 12.1 Å². The van der Waals surface area contributed by atoms with E-state index >= 15 is 0 Å². The van der Waals surface area contributed by atoms with Crippen molar-refractivity contribution >= 4 is 9.84 Å². The highest BCUT2D eigenvalue weighted by atomic mass is 32.2. The van der Waals surface area contributed by atoms with E-state index < -0.39 is 27.3 Å². The Morgan fingerprint density at radius 3 is 2.33 bits per heavy atom. The number of halogens is 3. The molecule has 21 heavy (non-hydrogen) atoms. The zero-order valence-electron chi connectivity index (χ0n) is 11.2. The smallest absolute Gasteiger partial charge is 0.194 e. The van der Waals surface area contributed by atoms with E-state index in [2.05, 4.69) is 0 Å². The third-order valence-corrected chi connectivity index (χ3v) is 5.29. The van der Waals surface area contributed by atoms with Crippen LogP contribution in [0.4, 0.5) is 13.2 Å². The molecule has 0 amide bonds. The second-order valence-electron chi connectivity index (χ2n) is 5.12. The first-order valence-electron chi connectivity index (χ1n) is 6.51. The monoisotopic (exact) mass is 323 g/mol. The minimum absolute atomic E-state index is 0.0425. The van der Waals surface area contributed by atoms with Crippen molar-refractivity contribution in [3.8, 4) is 0 Å². The maximum Gasteiger partial charge on any atom is 0.194 e. The molecule has 1 aromatic carbocycles. The highest BCUT2D eigenvalue weighted by Crippen LogP contribution is 2.21. The van der Waals surface area contributed by atoms with Crippen molar-refractivity contribution < 1.29 is 26.7 Å². The number of sulfone groups is 1. The molecule has 1 atom stereocenters. The number of aliphatic hydroxyl groups excluding tert-OH is 1. The van der Waals surface area contributed by atoms with Gasteiger partial charge in [0.15, 0.2) is 27.3 Å². The van der Waals surface area contributed by atoms with Crippen molar-refractivity contribution in [3.05, 3.63) is 35.1 Å². The van der Waals surface area contributed by atoms with Gasteiger partial charge >= 0.3 is 0 Å². The van der Waals surface area contributed by atoms with Gasteiger partial charge in [0.25, 0.3) is 0 Å². The number of benzene rings is 1. The Kier molecular flexibility index (Phi) is 4.90. The van der Waals surface area contributed by atoms with Gasteiger partial charge in [-0.2, -0.15) is 0 Å². The van der Waals surface area contributed by atoms with Gasteiger partial charge in [0, 0.05) is 19.1 Å². The summed E-state index contributed by atoms with van der Waals surface area (Å²) in [5.41, 5.74) is 0.198. The van der Waals surface area contributed by atoms with Gasteiger partial charge in [0.05, 0.1) is 18.1 Å². The molecule has 0 saturated carbocycles. The molecule has 0 aliphatic carbocycles. The first-order chi connectivity index (χ1) is 9.82. The number of rotatable bonds is 5. The van der Waals surface area contributed by atoms with Gasteiger partial charge in [-0.05, 0) is 24.1 Å². The van der Waals surface area contributed by atoms with Crippen LogP contribution >= 0.6 is 0 Å². The molecule has 1 aliphatic rings. The largest absolute Gasteiger partial charge is 0.395 e. The van der Waals surface area contributed by atoms with Crippen molar-refractivity contribution in [1.29, 1.82) is 0 Å². The molecule has 0 spiro atoms. The summed E-state index contributed by atoms with van der Waals surface area (Å²) in [6, 6.07) is 1.46. The maximum absolute atomic E-state index is 13.2. The summed E-state index contributed by atoms with van der Waals surface area (Å²) in [6.07, 6.45) is 0.411. The molecule has 0 radical (unpaired) electrons. The maximum atomic E-state index is 13.2. The van der Waals surface area contributed by atoms with E-state index in [1.165, 1.54) is 0 Å². The Morgan fingerprint density at radius 1 is 1.24 bits per heavy atom. The Bertz CT molecular complexity index is 598. The highest BCUT2D eigenvalue weighted by molar-refractivity contribution is 7.91. The number of hydrogen-bond donors (Lipinski definition) is 1. The fourth-order valence-electron chi connectivity index (χ4n) is 2.52. The van der Waals surface area contributed by atoms with Crippen LogP contribution in [0.3, 0.4) is 0 Å². The van der Waals surface area contributed by atoms with Crippen molar-refractivity contribution in [1.82, 2.24) is 4.90 Å². The second kappa shape index (κ2) is 6.33. The van der Waals surface area contributed by atoms with Crippen LogP contribution in [0.25, 0.3) is 0 Å². The highest BCUT2D eigenvalue weighted by Gasteiger charge is 2.32. The van der Waals surface area contributed by atoms with Crippen molar-refractivity contribution in [2.24, 2.45) is 0 Å². The molecule has 1 N–H and O–H groups in total. The van der Waals surface area contributed by atoms with Crippen molar-refractivity contribution in [2.75, 3.05) is 24.7 Å². The molecule has 0 bridgehead atoms. The Hall–Kier alpha value is -1.12. The number of hydrogen-bond acceptors (Lipinski definition) is 4. The Balaban J connectivity index is 2.17. The zero-order valence-corrected chi connectivity index (χ0v) is 12.0. The minimum atomic E-state index is -3.11. The lowest BCUT2D eigenvalue weighted by Crippen LogP contribution is -2.37. The average molecular weight is 323 g/mol. The molecule has 1 aromatic rings. The lowest BCUT2D eigenvalue weighted by molar-refractivity contribution is 0.153. The molecule has 1 saturated heterocycles. The summed E-state index contributed by atoms with van der Waals surface area (Å²) in [5, 5.41) is 9.06. The summed E-state index contributed by atoms with van der Waals surface area (Å²) in [7, 11) is -3.11. The number of nitrogens with zero attached hydrogens (tertiary/aromatic N) is 1. The van der Waals surface area contributed by atoms with E-state index in [9.17, 15) is 21.6 Å². The topological polar surface area (TPSA) is 57.6 Å². The van der Waals surface area contributed by atoms with Crippen LogP contribution in [0.2, 0.25) is 0 Å². The van der Waals surface area contributed by atoms with Crippen LogP contribution in [0.1, 0.15) is 12.0 Å². The lowest BCUT2D eigenvalue weighted by atomic mass is 10.1. The molecule has 2 rings (SSSR count). The standard InChI is InChI=1S/C13H16F3NO3S/c14-11-5-9(6-12(15)13(11)16)7-17(2-3-18)10-1-4-21(19,20)8-10/h5-6,10,18H,1-4,7-8H2. The van der Waals surface area contributed by atoms with Gasteiger partial charge in [-0.15, -0.1) is 0 Å². The lowest BCUT2D eigenvalue weighted by Gasteiger charge is -2.27. The van der Waals surface area contributed by atoms with Gasteiger partial charge in [-0.3, -0.25) is 4.90 Å². The fraction of sp³-hybridized carbons (Fsp3) is 0.538. The summed E-state index contributed by atoms with van der Waals surface area (Å²) in [5.74, 6) is -4.08. The first kappa shape index (κ1) is 16.3. The predicted molar refractivity (Wildman–Crippen MR) is 70.9 cm³/mol. The van der Waals surface area contributed by atoms with E-state index in [4.69, 9.17) is 5.11 Å².